The SMILES string of the molecule is COc1cc(C(=O)N2CC3(CNC3)C2)cc2nc(-c3cc4ccc(N(C(F)F)S(C)(=O)=O)nc4n3CC3CC3)c(C)n12. The molecule has 7 rings (SSSR count). The highest BCUT2D eigenvalue weighted by Crippen LogP contribution is 2.39. The third kappa shape index (κ3) is 4.30. The summed E-state index contributed by atoms with van der Waals surface area (Å²) in [5.74, 6) is 0.458. The molecule has 0 atom stereocenters. The van der Waals surface area contributed by atoms with Gasteiger partial charge in [-0.25, -0.2) is 18.4 Å². The predicted octanol–water partition coefficient (Wildman–Crippen LogP) is 3.11. The Morgan fingerprint density at radius 3 is 2.52 bits per heavy atom. The van der Waals surface area contributed by atoms with E-state index in [1.165, 1.54) is 6.07 Å². The van der Waals surface area contributed by atoms with Gasteiger partial charge in [0.1, 0.15) is 22.8 Å². The molecule has 1 aliphatic carbocycles. The number of rotatable bonds is 8. The summed E-state index contributed by atoms with van der Waals surface area (Å²) in [5, 5.41) is 3.95. The molecule has 42 heavy (non-hydrogen) atoms. The van der Waals surface area contributed by atoms with Crippen molar-refractivity contribution in [2.75, 3.05) is 43.8 Å². The number of hydrogen-bond acceptors (Lipinski definition) is 7. The Balaban J connectivity index is 1.33. The summed E-state index contributed by atoms with van der Waals surface area (Å²) in [6.45, 7) is 2.54. The summed E-state index contributed by atoms with van der Waals surface area (Å²) < 4.78 is 61.4. The Morgan fingerprint density at radius 2 is 1.93 bits per heavy atom. The van der Waals surface area contributed by atoms with Crippen LogP contribution in [-0.2, 0) is 16.6 Å². The van der Waals surface area contributed by atoms with Gasteiger partial charge in [0.2, 0.25) is 10.0 Å². The van der Waals surface area contributed by atoms with Crippen molar-refractivity contribution < 1.29 is 26.7 Å². The molecular weight excluding hydrogens is 568 g/mol. The minimum absolute atomic E-state index is 0.0294. The number of sulfonamides is 1. The normalized spacial score (nSPS) is 18.1. The number of likely N-dealkylation sites (tertiary alicyclic amines) is 1. The smallest absolute Gasteiger partial charge is 0.329 e. The average molecular weight is 600 g/mol. The van der Waals surface area contributed by atoms with Gasteiger partial charge in [-0.15, -0.1) is 0 Å². The second-order valence-corrected chi connectivity index (χ2v) is 13.7. The number of ether oxygens (including phenoxy) is 1. The van der Waals surface area contributed by atoms with Crippen LogP contribution in [-0.4, -0.2) is 84.3 Å². The van der Waals surface area contributed by atoms with Crippen LogP contribution in [0.2, 0.25) is 0 Å². The number of fused-ring (bicyclic) bond motifs is 2. The molecule has 0 radical (unpaired) electrons. The molecule has 11 nitrogen and oxygen atoms in total. The maximum Gasteiger partial charge on any atom is 0.329 e. The standard InChI is InChI=1S/C28H31F2N7O4S/c1-16-24(32-22-9-19(10-23(41-2)36(16)22)26(38)34-14-28(15-34)12-31-13-28)20-8-18-6-7-21(37(27(29)30)42(3,39)40)33-25(18)35(20)11-17-4-5-17/h6-10,17,27,31H,4-5,11-15H2,1-3H3. The van der Waals surface area contributed by atoms with E-state index in [4.69, 9.17) is 9.72 Å². The van der Waals surface area contributed by atoms with E-state index in [9.17, 15) is 22.0 Å². The van der Waals surface area contributed by atoms with Gasteiger partial charge in [0.25, 0.3) is 5.91 Å². The first-order valence-electron chi connectivity index (χ1n) is 13.8. The van der Waals surface area contributed by atoms with Crippen LogP contribution >= 0.6 is 0 Å². The summed E-state index contributed by atoms with van der Waals surface area (Å²) in [4.78, 5) is 24.5. The van der Waals surface area contributed by atoms with Crippen molar-refractivity contribution in [3.05, 3.63) is 41.6 Å². The van der Waals surface area contributed by atoms with E-state index < -0.39 is 16.6 Å². The Morgan fingerprint density at radius 1 is 1.19 bits per heavy atom. The van der Waals surface area contributed by atoms with Crippen LogP contribution in [0.25, 0.3) is 28.1 Å². The molecule has 0 bridgehead atoms. The molecule has 2 aliphatic heterocycles. The number of nitrogens with zero attached hydrogens (tertiary/aromatic N) is 6. The van der Waals surface area contributed by atoms with Gasteiger partial charge in [-0.1, -0.05) is 0 Å². The highest BCUT2D eigenvalue weighted by atomic mass is 32.2. The number of anilines is 1. The fourth-order valence-corrected chi connectivity index (χ4v) is 6.91. The minimum Gasteiger partial charge on any atom is -0.482 e. The van der Waals surface area contributed by atoms with Crippen molar-refractivity contribution in [1.82, 2.24) is 29.2 Å². The fourth-order valence-electron chi connectivity index (χ4n) is 6.18. The second-order valence-electron chi connectivity index (χ2n) is 11.8. The zero-order valence-electron chi connectivity index (χ0n) is 23.5. The van der Waals surface area contributed by atoms with E-state index in [2.05, 4.69) is 10.3 Å². The van der Waals surface area contributed by atoms with Crippen molar-refractivity contribution in [1.29, 1.82) is 0 Å². The first kappa shape index (κ1) is 27.1. The Labute approximate surface area is 241 Å². The van der Waals surface area contributed by atoms with E-state index >= 15 is 0 Å². The van der Waals surface area contributed by atoms with Crippen LogP contribution in [0.1, 0.15) is 28.9 Å². The van der Waals surface area contributed by atoms with Crippen LogP contribution in [0, 0.1) is 18.3 Å². The number of alkyl halides is 2. The highest BCUT2D eigenvalue weighted by Gasteiger charge is 2.49. The summed E-state index contributed by atoms with van der Waals surface area (Å²) in [7, 11) is -2.71. The number of imidazole rings is 1. The number of hydrogen-bond donors (Lipinski definition) is 1. The molecule has 2 saturated heterocycles. The maximum absolute atomic E-state index is 13.8. The number of halogens is 2. The van der Waals surface area contributed by atoms with E-state index in [0.29, 0.717) is 46.3 Å². The molecule has 4 aromatic rings. The molecule has 6 heterocycles. The highest BCUT2D eigenvalue weighted by molar-refractivity contribution is 7.92. The molecule has 4 aromatic heterocycles. The Kier molecular flexibility index (Phi) is 6.04. The van der Waals surface area contributed by atoms with Crippen LogP contribution in [0.4, 0.5) is 14.6 Å². The van der Waals surface area contributed by atoms with Crippen molar-refractivity contribution in [2.45, 2.75) is 32.9 Å². The average Bonchev–Trinajstić information content (AvgIpc) is 3.55. The molecule has 1 spiro atoms. The lowest BCUT2D eigenvalue weighted by Gasteiger charge is -2.56. The van der Waals surface area contributed by atoms with Gasteiger partial charge < -0.3 is 19.5 Å². The molecule has 1 N–H and O–H groups in total. The quantitative estimate of drug-likeness (QED) is 0.310. The van der Waals surface area contributed by atoms with Gasteiger partial charge in [0.05, 0.1) is 24.8 Å². The lowest BCUT2D eigenvalue weighted by molar-refractivity contribution is -0.0248. The molecular formula is C28H31F2N7O4S. The fraction of sp³-hybridized carbons (Fsp3) is 0.464. The van der Waals surface area contributed by atoms with E-state index in [1.807, 2.05) is 26.9 Å². The lowest BCUT2D eigenvalue weighted by Crippen LogP contribution is -2.71. The number of carbonyl (C=O) groups excluding carboxylic acids is 1. The van der Waals surface area contributed by atoms with Crippen molar-refractivity contribution >= 4 is 38.4 Å². The number of aromatic nitrogens is 4. The number of aryl methyl sites for hydroxylation is 1. The topological polar surface area (TPSA) is 114 Å². The van der Waals surface area contributed by atoms with E-state index in [-0.39, 0.29) is 21.4 Å². The first-order chi connectivity index (χ1) is 20.0. The molecule has 222 valence electrons. The number of nitrogens with one attached hydrogen (secondary N) is 1. The maximum atomic E-state index is 13.8. The molecule has 14 heteroatoms. The summed E-state index contributed by atoms with van der Waals surface area (Å²) >= 11 is 0. The number of methoxy groups -OCH3 is 1. The molecule has 3 fully saturated rings. The van der Waals surface area contributed by atoms with Gasteiger partial charge in [-0.05, 0) is 49.9 Å². The summed E-state index contributed by atoms with van der Waals surface area (Å²) in [6, 6.07) is 8.28. The van der Waals surface area contributed by atoms with Gasteiger partial charge in [-0.2, -0.15) is 13.1 Å². The zero-order chi connectivity index (χ0) is 29.6. The van der Waals surface area contributed by atoms with Crippen LogP contribution in [0.3, 0.4) is 0 Å². The van der Waals surface area contributed by atoms with Gasteiger partial charge in [0.15, 0.2) is 5.88 Å². The third-order valence-corrected chi connectivity index (χ3v) is 9.64. The Hall–Kier alpha value is -3.78. The molecule has 0 unspecified atom stereocenters. The predicted molar refractivity (Wildman–Crippen MR) is 152 cm³/mol. The van der Waals surface area contributed by atoms with E-state index in [0.717, 1.165) is 56.7 Å². The number of carbonyl (C=O) groups is 1. The molecule has 1 saturated carbocycles. The molecule has 0 aromatic carbocycles. The summed E-state index contributed by atoms with van der Waals surface area (Å²) in [5.41, 5.74) is 3.78. The first-order valence-corrected chi connectivity index (χ1v) is 15.7. The van der Waals surface area contributed by atoms with Crippen LogP contribution < -0.4 is 14.4 Å². The number of pyridine rings is 2. The lowest BCUT2D eigenvalue weighted by atomic mass is 9.74. The van der Waals surface area contributed by atoms with Crippen molar-refractivity contribution in [3.8, 4) is 17.3 Å². The van der Waals surface area contributed by atoms with Crippen molar-refractivity contribution in [2.24, 2.45) is 11.3 Å². The molecule has 1 amide bonds. The Bertz CT molecular complexity index is 1850. The third-order valence-electron chi connectivity index (χ3n) is 8.58. The second kappa shape index (κ2) is 9.36. The van der Waals surface area contributed by atoms with Gasteiger partial charge in [-0.3, -0.25) is 9.20 Å². The largest absolute Gasteiger partial charge is 0.482 e. The number of amides is 1. The van der Waals surface area contributed by atoms with Crippen molar-refractivity contribution in [3.63, 3.8) is 0 Å². The zero-order valence-corrected chi connectivity index (χ0v) is 24.3. The molecule has 3 aliphatic rings. The minimum atomic E-state index is -4.26. The summed E-state index contributed by atoms with van der Waals surface area (Å²) in [6.07, 6.45) is 2.79. The van der Waals surface area contributed by atoms with E-state index in [1.54, 1.807) is 25.3 Å². The van der Waals surface area contributed by atoms with Crippen LogP contribution in [0.5, 0.6) is 5.88 Å². The monoisotopic (exact) mass is 599 g/mol. The van der Waals surface area contributed by atoms with Gasteiger partial charge >= 0.3 is 6.55 Å². The van der Waals surface area contributed by atoms with Crippen LogP contribution in [0.15, 0.2) is 30.3 Å². The van der Waals surface area contributed by atoms with Gasteiger partial charge in [0, 0.05) is 55.2 Å².